The van der Waals surface area contributed by atoms with Gasteiger partial charge in [-0.2, -0.15) is 13.2 Å². The number of hydrogen-bond acceptors (Lipinski definition) is 5. The number of pyridine rings is 1. The number of nitrogens with zero attached hydrogens (tertiary/aromatic N) is 4. The minimum Gasteiger partial charge on any atom is -0.382 e. The lowest BCUT2D eigenvalue weighted by Crippen LogP contribution is -2.50. The van der Waals surface area contributed by atoms with Crippen molar-refractivity contribution in [1.29, 1.82) is 0 Å². The van der Waals surface area contributed by atoms with Gasteiger partial charge in [-0.05, 0) is 44.0 Å². The van der Waals surface area contributed by atoms with Crippen molar-refractivity contribution in [2.24, 2.45) is 5.92 Å². The highest BCUT2D eigenvalue weighted by Crippen LogP contribution is 2.29. The second kappa shape index (κ2) is 12.0. The third-order valence-corrected chi connectivity index (χ3v) is 6.95. The largest absolute Gasteiger partial charge is 0.433 e. The number of nitrogens with one attached hydrogen (secondary N) is 1. The van der Waals surface area contributed by atoms with Crippen LogP contribution in [0.3, 0.4) is 0 Å². The number of piperazine rings is 1. The van der Waals surface area contributed by atoms with Crippen LogP contribution in [0.4, 0.5) is 24.5 Å². The Morgan fingerprint density at radius 2 is 1.69 bits per heavy atom. The van der Waals surface area contributed by atoms with Crippen molar-refractivity contribution in [1.82, 2.24) is 14.8 Å². The molecule has 1 amide bonds. The summed E-state index contributed by atoms with van der Waals surface area (Å²) in [6, 6.07) is 11.2. The molecule has 9 heteroatoms. The molecule has 0 bridgehead atoms. The molecule has 4 rings (SSSR count). The van der Waals surface area contributed by atoms with E-state index in [4.69, 9.17) is 0 Å². The molecule has 0 spiro atoms. The zero-order valence-electron chi connectivity index (χ0n) is 20.4. The van der Waals surface area contributed by atoms with Gasteiger partial charge in [0.05, 0.1) is 0 Å². The lowest BCUT2D eigenvalue weighted by Gasteiger charge is -2.38. The monoisotopic (exact) mass is 505 g/mol. The summed E-state index contributed by atoms with van der Waals surface area (Å²) in [5.41, 5.74) is 2.02. The Morgan fingerprint density at radius 1 is 1.06 bits per heavy atom. The second-order valence-corrected chi connectivity index (χ2v) is 9.70. The van der Waals surface area contributed by atoms with Crippen LogP contribution in [0.15, 0.2) is 42.6 Å². The van der Waals surface area contributed by atoms with Crippen LogP contribution in [0.2, 0.25) is 0 Å². The van der Waals surface area contributed by atoms with Gasteiger partial charge >= 0.3 is 6.18 Å². The van der Waals surface area contributed by atoms with Gasteiger partial charge in [-0.3, -0.25) is 14.7 Å². The maximum absolute atomic E-state index is 13.0. The van der Waals surface area contributed by atoms with Crippen molar-refractivity contribution in [3.63, 3.8) is 0 Å². The minimum absolute atomic E-state index is 0. The Labute approximate surface area is 212 Å². The molecule has 36 heavy (non-hydrogen) atoms. The first-order valence-corrected chi connectivity index (χ1v) is 12.3. The van der Waals surface area contributed by atoms with Gasteiger partial charge in [0, 0.05) is 75.3 Å². The molecule has 2 aliphatic rings. The average molecular weight is 506 g/mol. The first kappa shape index (κ1) is 27.8. The number of rotatable bonds is 6. The number of hydrogen-bond donors (Lipinski definition) is 1. The van der Waals surface area contributed by atoms with Crippen LogP contribution in [0.1, 0.15) is 38.4 Å². The number of benzene rings is 1. The zero-order valence-corrected chi connectivity index (χ0v) is 20.4. The van der Waals surface area contributed by atoms with Gasteiger partial charge in [-0.1, -0.05) is 32.0 Å². The quantitative estimate of drug-likeness (QED) is 0.605. The molecule has 0 saturated carbocycles. The number of aromatic nitrogens is 1. The molecule has 3 heterocycles. The van der Waals surface area contributed by atoms with E-state index in [2.05, 4.69) is 51.3 Å². The first-order chi connectivity index (χ1) is 16.7. The Balaban J connectivity index is 0.00000361. The van der Waals surface area contributed by atoms with Gasteiger partial charge in [0.15, 0.2) is 0 Å². The first-order valence-electron chi connectivity index (χ1n) is 12.3. The van der Waals surface area contributed by atoms with E-state index >= 15 is 0 Å². The van der Waals surface area contributed by atoms with Crippen LogP contribution in [0.5, 0.6) is 0 Å². The number of carbonyl (C=O) groups is 1. The molecular formula is C27H38F3N5O. The Kier molecular flexibility index (Phi) is 9.22. The minimum atomic E-state index is -4.46. The third-order valence-electron chi connectivity index (χ3n) is 6.95. The van der Waals surface area contributed by atoms with Crippen LogP contribution in [0, 0.1) is 12.8 Å². The Hall–Kier alpha value is -2.81. The normalized spacial score (nSPS) is 18.5. The predicted octanol–water partition coefficient (Wildman–Crippen LogP) is 4.91. The highest BCUT2D eigenvalue weighted by atomic mass is 19.4. The molecule has 6 nitrogen and oxygen atoms in total. The lowest BCUT2D eigenvalue weighted by molar-refractivity contribution is -0.141. The molecule has 0 aliphatic carbocycles. The smallest absolute Gasteiger partial charge is 0.382 e. The second-order valence-electron chi connectivity index (χ2n) is 9.70. The van der Waals surface area contributed by atoms with Gasteiger partial charge in [-0.15, -0.1) is 0 Å². The zero-order chi connectivity index (χ0) is 25.0. The molecule has 2 aliphatic heterocycles. The third kappa shape index (κ3) is 7.12. The van der Waals surface area contributed by atoms with Crippen molar-refractivity contribution in [2.75, 3.05) is 56.0 Å². The summed E-state index contributed by atoms with van der Waals surface area (Å²) in [7, 11) is 0. The highest BCUT2D eigenvalue weighted by molar-refractivity contribution is 5.78. The molecule has 1 atom stereocenters. The average Bonchev–Trinajstić information content (AvgIpc) is 2.85. The summed E-state index contributed by atoms with van der Waals surface area (Å²) in [6.07, 6.45) is -1.88. The van der Waals surface area contributed by atoms with E-state index in [1.165, 1.54) is 17.4 Å². The molecular weight excluding hydrogens is 467 g/mol. The molecule has 2 fully saturated rings. The van der Waals surface area contributed by atoms with Crippen LogP contribution < -0.4 is 10.2 Å². The van der Waals surface area contributed by atoms with Crippen molar-refractivity contribution in [3.8, 4) is 0 Å². The molecule has 1 unspecified atom stereocenters. The fraction of sp³-hybridized carbons (Fsp3) is 0.556. The Morgan fingerprint density at radius 3 is 2.31 bits per heavy atom. The van der Waals surface area contributed by atoms with Gasteiger partial charge in [0.2, 0.25) is 5.91 Å². The van der Waals surface area contributed by atoms with Gasteiger partial charge in [0.25, 0.3) is 0 Å². The molecule has 0 radical (unpaired) electrons. The van der Waals surface area contributed by atoms with Crippen molar-refractivity contribution < 1.29 is 18.0 Å². The fourth-order valence-corrected chi connectivity index (χ4v) is 4.88. The van der Waals surface area contributed by atoms with E-state index in [1.54, 1.807) is 6.07 Å². The maximum atomic E-state index is 13.0. The van der Waals surface area contributed by atoms with Crippen molar-refractivity contribution in [2.45, 2.75) is 46.3 Å². The number of halogens is 3. The number of likely N-dealkylation sites (tertiary alicyclic amines) is 1. The van der Waals surface area contributed by atoms with Crippen LogP contribution in [-0.2, 0) is 11.0 Å². The maximum Gasteiger partial charge on any atom is 0.433 e. The van der Waals surface area contributed by atoms with Gasteiger partial charge in [0.1, 0.15) is 5.69 Å². The number of piperidine rings is 1. The summed E-state index contributed by atoms with van der Waals surface area (Å²) in [5.74, 6) is 0.0765. The van der Waals surface area contributed by atoms with Crippen molar-refractivity contribution in [3.05, 3.63) is 53.9 Å². The van der Waals surface area contributed by atoms with Gasteiger partial charge < -0.3 is 15.1 Å². The molecule has 2 aromatic rings. The summed E-state index contributed by atoms with van der Waals surface area (Å²) in [5, 5.41) is 3.18. The topological polar surface area (TPSA) is 51.7 Å². The van der Waals surface area contributed by atoms with Crippen LogP contribution >= 0.6 is 0 Å². The highest BCUT2D eigenvalue weighted by Gasteiger charge is 2.33. The summed E-state index contributed by atoms with van der Waals surface area (Å²) in [6.45, 7) is 9.82. The number of alkyl halides is 3. The van der Waals surface area contributed by atoms with E-state index < -0.39 is 11.9 Å². The number of anilines is 2. The lowest BCUT2D eigenvalue weighted by atomic mass is 10.0. The summed E-state index contributed by atoms with van der Waals surface area (Å²) in [4.78, 5) is 23.1. The van der Waals surface area contributed by atoms with E-state index in [1.807, 2.05) is 11.8 Å². The fourth-order valence-electron chi connectivity index (χ4n) is 4.88. The molecule has 2 saturated heterocycles. The van der Waals surface area contributed by atoms with Crippen LogP contribution in [0.25, 0.3) is 0 Å². The van der Waals surface area contributed by atoms with E-state index in [0.717, 1.165) is 38.8 Å². The SMILES string of the molecule is C.Cc1ccc(N2CCN(CC(C)C(=O)N3CCC(Nc4ccnc(C(F)(F)F)c4)CC3)CC2)cc1. The summed E-state index contributed by atoms with van der Waals surface area (Å²) < 4.78 is 38.7. The van der Waals surface area contributed by atoms with Crippen molar-refractivity contribution >= 4 is 17.3 Å². The molecule has 198 valence electrons. The molecule has 1 N–H and O–H groups in total. The van der Waals surface area contributed by atoms with E-state index in [0.29, 0.717) is 31.6 Å². The number of carbonyl (C=O) groups excluding carboxylic acids is 1. The predicted molar refractivity (Wildman–Crippen MR) is 138 cm³/mol. The van der Waals surface area contributed by atoms with Gasteiger partial charge in [-0.25, -0.2) is 0 Å². The van der Waals surface area contributed by atoms with E-state index in [9.17, 15) is 18.0 Å². The molecule has 1 aromatic heterocycles. The number of aryl methyl sites for hydroxylation is 1. The van der Waals surface area contributed by atoms with E-state index in [-0.39, 0.29) is 25.3 Å². The molecule has 1 aromatic carbocycles. The standard InChI is InChI=1S/C26H34F3N5O.CH4/c1-19-3-5-23(6-4-19)33-15-13-32(14-16-33)18-20(2)25(35)34-11-8-21(9-12-34)31-22-7-10-30-24(17-22)26(27,28)29;/h3-7,10,17,20-21H,8-9,11-16,18H2,1-2H3,(H,30,31);1H4. The van der Waals surface area contributed by atoms with Crippen LogP contribution in [-0.4, -0.2) is 72.5 Å². The Bertz CT molecular complexity index is 982. The number of amides is 1. The summed E-state index contributed by atoms with van der Waals surface area (Å²) >= 11 is 0.